The fourth-order valence-corrected chi connectivity index (χ4v) is 2.55. The zero-order valence-corrected chi connectivity index (χ0v) is 13.6. The van der Waals surface area contributed by atoms with Crippen LogP contribution in [0.4, 0.5) is 0 Å². The average molecular weight is 321 g/mol. The van der Waals surface area contributed by atoms with E-state index in [-0.39, 0.29) is 11.6 Å². The minimum atomic E-state index is -0.377. The number of benzene rings is 1. The van der Waals surface area contributed by atoms with E-state index < -0.39 is 0 Å². The molecule has 0 aliphatic carbocycles. The van der Waals surface area contributed by atoms with Crippen molar-refractivity contribution >= 4 is 5.91 Å². The van der Waals surface area contributed by atoms with Crippen molar-refractivity contribution in [3.63, 3.8) is 0 Å². The van der Waals surface area contributed by atoms with Crippen molar-refractivity contribution in [3.05, 3.63) is 47.8 Å². The Labute approximate surface area is 141 Å². The molecule has 1 aromatic heterocycles. The van der Waals surface area contributed by atoms with Crippen LogP contribution < -0.4 is 5.32 Å². The van der Waals surface area contributed by atoms with E-state index in [2.05, 4.69) is 26.6 Å². The summed E-state index contributed by atoms with van der Waals surface area (Å²) in [6, 6.07) is 9.30. The maximum Gasteiger partial charge on any atom is 0.253 e. The highest BCUT2D eigenvalue weighted by Gasteiger charge is 2.38. The molecule has 0 bridgehead atoms. The smallest absolute Gasteiger partial charge is 0.253 e. The molecule has 1 aliphatic heterocycles. The van der Waals surface area contributed by atoms with Gasteiger partial charge in [0.15, 0.2) is 5.66 Å². The van der Waals surface area contributed by atoms with Gasteiger partial charge in [0.25, 0.3) is 5.91 Å². The van der Waals surface area contributed by atoms with E-state index in [9.17, 15) is 4.79 Å². The average Bonchev–Trinajstić information content (AvgIpc) is 3.23. The number of nitrogens with zero attached hydrogens (tertiary/aromatic N) is 4. The Kier molecular flexibility index (Phi) is 4.43. The van der Waals surface area contributed by atoms with E-state index in [4.69, 9.17) is 6.42 Å². The molecule has 0 saturated carbocycles. The van der Waals surface area contributed by atoms with Gasteiger partial charge in [-0.1, -0.05) is 12.1 Å². The number of aryl methyl sites for hydroxylation is 1. The summed E-state index contributed by atoms with van der Waals surface area (Å²) in [6.07, 6.45) is 9.17. The van der Waals surface area contributed by atoms with Gasteiger partial charge >= 0.3 is 0 Å². The zero-order chi connectivity index (χ0) is 17.0. The number of carbonyl (C=O) groups excluding carboxylic acids is 1. The SMILES string of the molecule is C#CCCC1(CCNC(=O)c2ccccc2-n2ccc(C)n2)N=N1. The molecule has 0 unspecified atom stereocenters. The van der Waals surface area contributed by atoms with Gasteiger partial charge in [-0.15, -0.1) is 12.3 Å². The first-order valence-electron chi connectivity index (χ1n) is 7.91. The second-order valence-corrected chi connectivity index (χ2v) is 5.81. The van der Waals surface area contributed by atoms with Crippen LogP contribution in [0.15, 0.2) is 46.8 Å². The Hall–Kier alpha value is -2.94. The van der Waals surface area contributed by atoms with Gasteiger partial charge in [0.05, 0.1) is 16.9 Å². The van der Waals surface area contributed by atoms with Crippen LogP contribution in [0, 0.1) is 19.3 Å². The topological polar surface area (TPSA) is 71.6 Å². The van der Waals surface area contributed by atoms with E-state index in [1.807, 2.05) is 37.4 Å². The lowest BCUT2D eigenvalue weighted by Crippen LogP contribution is -2.29. The molecule has 24 heavy (non-hydrogen) atoms. The maximum absolute atomic E-state index is 12.5. The molecule has 122 valence electrons. The van der Waals surface area contributed by atoms with Crippen LogP contribution in [-0.2, 0) is 0 Å². The van der Waals surface area contributed by atoms with Crippen LogP contribution in [0.5, 0.6) is 0 Å². The molecule has 0 atom stereocenters. The lowest BCUT2D eigenvalue weighted by atomic mass is 10.0. The van der Waals surface area contributed by atoms with Crippen molar-refractivity contribution in [1.82, 2.24) is 15.1 Å². The molecular weight excluding hydrogens is 302 g/mol. The molecule has 6 nitrogen and oxygen atoms in total. The lowest BCUT2D eigenvalue weighted by Gasteiger charge is -2.12. The number of nitrogens with one attached hydrogen (secondary N) is 1. The van der Waals surface area contributed by atoms with Crippen molar-refractivity contribution in [2.75, 3.05) is 6.54 Å². The Bertz CT molecular complexity index is 809. The number of hydrogen-bond donors (Lipinski definition) is 1. The second kappa shape index (κ2) is 6.67. The van der Waals surface area contributed by atoms with Gasteiger partial charge in [-0.2, -0.15) is 15.3 Å². The summed E-state index contributed by atoms with van der Waals surface area (Å²) in [6.45, 7) is 2.42. The number of para-hydroxylation sites is 1. The highest BCUT2D eigenvalue weighted by atomic mass is 16.1. The fraction of sp³-hybridized carbons (Fsp3) is 0.333. The minimum Gasteiger partial charge on any atom is -0.352 e. The van der Waals surface area contributed by atoms with Crippen molar-refractivity contribution in [3.8, 4) is 18.0 Å². The number of aromatic nitrogens is 2. The molecule has 0 radical (unpaired) electrons. The van der Waals surface area contributed by atoms with Gasteiger partial charge in [-0.05, 0) is 25.1 Å². The van der Waals surface area contributed by atoms with Gasteiger partial charge < -0.3 is 5.32 Å². The van der Waals surface area contributed by atoms with E-state index in [1.165, 1.54) is 0 Å². The maximum atomic E-state index is 12.5. The minimum absolute atomic E-state index is 0.133. The summed E-state index contributed by atoms with van der Waals surface area (Å²) in [7, 11) is 0. The summed E-state index contributed by atoms with van der Waals surface area (Å²) in [5.74, 6) is 2.47. The Balaban J connectivity index is 1.63. The molecule has 1 N–H and O–H groups in total. The number of hydrogen-bond acceptors (Lipinski definition) is 4. The quantitative estimate of drug-likeness (QED) is 0.797. The third kappa shape index (κ3) is 3.51. The van der Waals surface area contributed by atoms with Crippen LogP contribution in [-0.4, -0.2) is 27.9 Å². The Morgan fingerprint density at radius 1 is 1.29 bits per heavy atom. The Morgan fingerprint density at radius 3 is 2.75 bits per heavy atom. The third-order valence-electron chi connectivity index (χ3n) is 3.98. The summed E-state index contributed by atoms with van der Waals surface area (Å²) >= 11 is 0. The standard InChI is InChI=1S/C18H19N5O/c1-3-4-10-18(21-22-18)11-12-19-17(24)15-7-5-6-8-16(15)23-13-9-14(2)20-23/h1,5-9,13H,4,10-12H2,2H3,(H,19,24). The Morgan fingerprint density at radius 2 is 2.08 bits per heavy atom. The van der Waals surface area contributed by atoms with Crippen LogP contribution in [0.2, 0.25) is 0 Å². The molecule has 0 saturated heterocycles. The predicted molar refractivity (Wildman–Crippen MR) is 90.9 cm³/mol. The van der Waals surface area contributed by atoms with E-state index in [0.717, 1.165) is 17.8 Å². The normalized spacial score (nSPS) is 14.2. The first-order chi connectivity index (χ1) is 11.6. The second-order valence-electron chi connectivity index (χ2n) is 5.81. The fourth-order valence-electron chi connectivity index (χ4n) is 2.55. The number of rotatable bonds is 7. The lowest BCUT2D eigenvalue weighted by molar-refractivity contribution is 0.0951. The molecule has 1 aromatic carbocycles. The van der Waals surface area contributed by atoms with Crippen molar-refractivity contribution in [2.24, 2.45) is 10.2 Å². The molecule has 1 aliphatic rings. The van der Waals surface area contributed by atoms with Crippen LogP contribution in [0.3, 0.4) is 0 Å². The van der Waals surface area contributed by atoms with E-state index >= 15 is 0 Å². The van der Waals surface area contributed by atoms with E-state index in [1.54, 1.807) is 10.7 Å². The summed E-state index contributed by atoms with van der Waals surface area (Å²) in [5, 5.41) is 15.5. The van der Waals surface area contributed by atoms with Gasteiger partial charge in [-0.25, -0.2) is 4.68 Å². The highest BCUT2D eigenvalue weighted by molar-refractivity contribution is 5.97. The predicted octanol–water partition coefficient (Wildman–Crippen LogP) is 2.88. The van der Waals surface area contributed by atoms with Crippen molar-refractivity contribution in [1.29, 1.82) is 0 Å². The first kappa shape index (κ1) is 15.9. The van der Waals surface area contributed by atoms with Crippen molar-refractivity contribution < 1.29 is 4.79 Å². The van der Waals surface area contributed by atoms with Gasteiger partial charge in [0.2, 0.25) is 0 Å². The number of carbonyl (C=O) groups is 1. The van der Waals surface area contributed by atoms with Crippen LogP contribution in [0.1, 0.15) is 35.3 Å². The summed E-state index contributed by atoms with van der Waals surface area (Å²) in [4.78, 5) is 12.5. The summed E-state index contributed by atoms with van der Waals surface area (Å²) < 4.78 is 1.71. The third-order valence-corrected chi connectivity index (χ3v) is 3.98. The molecule has 6 heteroatoms. The molecule has 2 heterocycles. The first-order valence-corrected chi connectivity index (χ1v) is 7.91. The molecule has 0 spiro atoms. The molecule has 2 aromatic rings. The van der Waals surface area contributed by atoms with Gasteiger partial charge in [0.1, 0.15) is 0 Å². The van der Waals surface area contributed by atoms with Gasteiger partial charge in [-0.3, -0.25) is 4.79 Å². The number of terminal acetylenes is 1. The van der Waals surface area contributed by atoms with Crippen LogP contribution >= 0.6 is 0 Å². The largest absolute Gasteiger partial charge is 0.352 e. The van der Waals surface area contributed by atoms with E-state index in [0.29, 0.717) is 24.9 Å². The zero-order valence-electron chi connectivity index (χ0n) is 13.6. The molecule has 3 rings (SSSR count). The van der Waals surface area contributed by atoms with Crippen LogP contribution in [0.25, 0.3) is 5.69 Å². The highest BCUT2D eigenvalue weighted by Crippen LogP contribution is 2.36. The van der Waals surface area contributed by atoms with Crippen molar-refractivity contribution in [2.45, 2.75) is 31.8 Å². The van der Waals surface area contributed by atoms with Gasteiger partial charge in [0, 0.05) is 32.0 Å². The number of amides is 1. The summed E-state index contributed by atoms with van der Waals surface area (Å²) in [5.41, 5.74) is 1.87. The molecule has 1 amide bonds. The monoisotopic (exact) mass is 321 g/mol. The molecule has 0 fully saturated rings. The molecular formula is C18H19N5O.